The first-order valence-electron chi connectivity index (χ1n) is 10.3. The van der Waals surface area contributed by atoms with Crippen LogP contribution in [0.4, 0.5) is 5.69 Å². The third-order valence-electron chi connectivity index (χ3n) is 5.67. The summed E-state index contributed by atoms with van der Waals surface area (Å²) in [7, 11) is -3.56. The lowest BCUT2D eigenvalue weighted by Crippen LogP contribution is -2.33. The molecule has 0 aromatic heterocycles. The highest BCUT2D eigenvalue weighted by Gasteiger charge is 2.29. The standard InChI is InChI=1S/C23H25N3O4S/c1-17(27)26-14-11-18-7-2-3-10-21(18)22(26)16-23(28)24-19-8-6-9-20(15-19)31(29,30)25-12-4-5-13-25/h2-3,6-11,14-15,22H,4-5,12-13,16H2,1H3,(H,24,28). The fraction of sp³-hybridized carbons (Fsp3) is 0.304. The molecule has 1 N–H and O–H groups in total. The lowest BCUT2D eigenvalue weighted by atomic mass is 9.93. The highest BCUT2D eigenvalue weighted by molar-refractivity contribution is 7.89. The van der Waals surface area contributed by atoms with Gasteiger partial charge in [-0.3, -0.25) is 9.59 Å². The van der Waals surface area contributed by atoms with E-state index in [1.165, 1.54) is 17.3 Å². The minimum Gasteiger partial charge on any atom is -0.326 e. The van der Waals surface area contributed by atoms with Crippen molar-refractivity contribution in [3.63, 3.8) is 0 Å². The summed E-state index contributed by atoms with van der Waals surface area (Å²) in [5.41, 5.74) is 2.29. The molecule has 31 heavy (non-hydrogen) atoms. The van der Waals surface area contributed by atoms with Gasteiger partial charge in [0.15, 0.2) is 0 Å². The predicted octanol–water partition coefficient (Wildman–Crippen LogP) is 3.37. The third-order valence-corrected chi connectivity index (χ3v) is 7.56. The van der Waals surface area contributed by atoms with Crippen molar-refractivity contribution >= 4 is 33.6 Å². The molecule has 1 fully saturated rings. The van der Waals surface area contributed by atoms with Crippen LogP contribution in [0.1, 0.15) is 43.4 Å². The van der Waals surface area contributed by atoms with Crippen molar-refractivity contribution in [3.8, 4) is 0 Å². The summed E-state index contributed by atoms with van der Waals surface area (Å²) in [6.07, 6.45) is 5.34. The van der Waals surface area contributed by atoms with E-state index in [4.69, 9.17) is 0 Å². The first-order chi connectivity index (χ1) is 14.9. The van der Waals surface area contributed by atoms with Crippen LogP contribution in [0.2, 0.25) is 0 Å². The fourth-order valence-corrected chi connectivity index (χ4v) is 5.68. The van der Waals surface area contributed by atoms with E-state index >= 15 is 0 Å². The maximum atomic E-state index is 12.8. The first kappa shape index (κ1) is 21.3. The molecular weight excluding hydrogens is 414 g/mol. The fourth-order valence-electron chi connectivity index (χ4n) is 4.11. The van der Waals surface area contributed by atoms with E-state index < -0.39 is 16.1 Å². The quantitative estimate of drug-likeness (QED) is 0.774. The number of rotatable bonds is 5. The molecule has 0 spiro atoms. The number of amides is 2. The molecule has 1 atom stereocenters. The Balaban J connectivity index is 1.52. The van der Waals surface area contributed by atoms with Crippen molar-refractivity contribution in [1.82, 2.24) is 9.21 Å². The summed E-state index contributed by atoms with van der Waals surface area (Å²) in [4.78, 5) is 26.7. The number of carbonyl (C=O) groups excluding carboxylic acids is 2. The van der Waals surface area contributed by atoms with Gasteiger partial charge < -0.3 is 10.2 Å². The summed E-state index contributed by atoms with van der Waals surface area (Å²) in [6, 6.07) is 13.6. The molecule has 7 nitrogen and oxygen atoms in total. The maximum absolute atomic E-state index is 12.8. The minimum absolute atomic E-state index is 0.0596. The van der Waals surface area contributed by atoms with Gasteiger partial charge in [0, 0.05) is 31.9 Å². The van der Waals surface area contributed by atoms with Gasteiger partial charge >= 0.3 is 0 Å². The molecule has 1 unspecified atom stereocenters. The van der Waals surface area contributed by atoms with E-state index in [-0.39, 0.29) is 23.1 Å². The molecule has 2 aromatic rings. The van der Waals surface area contributed by atoms with E-state index in [0.717, 1.165) is 24.0 Å². The summed E-state index contributed by atoms with van der Waals surface area (Å²) in [5.74, 6) is -0.445. The molecule has 2 heterocycles. The van der Waals surface area contributed by atoms with Gasteiger partial charge in [-0.1, -0.05) is 30.3 Å². The Hall–Kier alpha value is -2.97. The Morgan fingerprint density at radius 1 is 1.06 bits per heavy atom. The van der Waals surface area contributed by atoms with Crippen LogP contribution in [0, 0.1) is 0 Å². The summed E-state index contributed by atoms with van der Waals surface area (Å²) in [6.45, 7) is 2.51. The van der Waals surface area contributed by atoms with E-state index in [9.17, 15) is 18.0 Å². The van der Waals surface area contributed by atoms with Gasteiger partial charge in [0.2, 0.25) is 21.8 Å². The van der Waals surface area contributed by atoms with Crippen molar-refractivity contribution in [1.29, 1.82) is 0 Å². The van der Waals surface area contributed by atoms with Crippen molar-refractivity contribution in [2.45, 2.75) is 37.1 Å². The Labute approximate surface area is 182 Å². The second-order valence-electron chi connectivity index (χ2n) is 7.78. The predicted molar refractivity (Wildman–Crippen MR) is 118 cm³/mol. The molecule has 2 aliphatic rings. The van der Waals surface area contributed by atoms with Crippen LogP contribution in [-0.2, 0) is 19.6 Å². The second kappa shape index (κ2) is 8.64. The molecule has 2 aromatic carbocycles. The molecule has 4 rings (SSSR count). The molecule has 162 valence electrons. The molecule has 0 saturated carbocycles. The van der Waals surface area contributed by atoms with E-state index in [1.807, 2.05) is 30.3 Å². The number of hydrogen-bond acceptors (Lipinski definition) is 4. The number of nitrogens with zero attached hydrogens (tertiary/aromatic N) is 2. The Morgan fingerprint density at radius 2 is 1.81 bits per heavy atom. The lowest BCUT2D eigenvalue weighted by molar-refractivity contribution is -0.129. The molecule has 2 aliphatic heterocycles. The van der Waals surface area contributed by atoms with Crippen molar-refractivity contribution < 1.29 is 18.0 Å². The molecule has 0 aliphatic carbocycles. The Morgan fingerprint density at radius 3 is 2.55 bits per heavy atom. The van der Waals surface area contributed by atoms with Crippen LogP contribution in [0.25, 0.3) is 6.08 Å². The molecule has 2 amide bonds. The van der Waals surface area contributed by atoms with Crippen molar-refractivity contribution in [3.05, 3.63) is 65.9 Å². The second-order valence-corrected chi connectivity index (χ2v) is 9.72. The Kier molecular flexibility index (Phi) is 5.93. The van der Waals surface area contributed by atoms with Gasteiger partial charge in [-0.15, -0.1) is 0 Å². The van der Waals surface area contributed by atoms with Crippen molar-refractivity contribution in [2.24, 2.45) is 0 Å². The first-order valence-corrected chi connectivity index (χ1v) is 11.8. The number of sulfonamides is 1. The van der Waals surface area contributed by atoms with Gasteiger partial charge in [0.05, 0.1) is 17.4 Å². The van der Waals surface area contributed by atoms with Crippen LogP contribution < -0.4 is 5.32 Å². The lowest BCUT2D eigenvalue weighted by Gasteiger charge is -2.32. The van der Waals surface area contributed by atoms with Gasteiger partial charge in [-0.25, -0.2) is 8.42 Å². The molecule has 1 saturated heterocycles. The van der Waals surface area contributed by atoms with Crippen LogP contribution in [0.5, 0.6) is 0 Å². The smallest absolute Gasteiger partial charge is 0.243 e. The van der Waals surface area contributed by atoms with E-state index in [1.54, 1.807) is 29.3 Å². The number of carbonyl (C=O) groups is 2. The molecule has 0 radical (unpaired) electrons. The topological polar surface area (TPSA) is 86.8 Å². The van der Waals surface area contributed by atoms with Crippen molar-refractivity contribution in [2.75, 3.05) is 18.4 Å². The molecule has 0 bridgehead atoms. The molecular formula is C23H25N3O4S. The average Bonchev–Trinajstić information content (AvgIpc) is 3.30. The highest BCUT2D eigenvalue weighted by atomic mass is 32.2. The number of anilines is 1. The Bertz CT molecular complexity index is 1140. The SMILES string of the molecule is CC(=O)N1C=Cc2ccccc2C1CC(=O)Nc1cccc(S(=O)(=O)N2CCCC2)c1. The van der Waals surface area contributed by atoms with Gasteiger partial charge in [0.1, 0.15) is 0 Å². The number of hydrogen-bond donors (Lipinski definition) is 1. The average molecular weight is 440 g/mol. The monoisotopic (exact) mass is 439 g/mol. The third kappa shape index (κ3) is 4.40. The zero-order valence-electron chi connectivity index (χ0n) is 17.3. The zero-order valence-corrected chi connectivity index (χ0v) is 18.1. The van der Waals surface area contributed by atoms with Gasteiger partial charge in [0.25, 0.3) is 0 Å². The van der Waals surface area contributed by atoms with Crippen LogP contribution >= 0.6 is 0 Å². The summed E-state index contributed by atoms with van der Waals surface area (Å²) < 4.78 is 27.1. The highest BCUT2D eigenvalue weighted by Crippen LogP contribution is 2.33. The van der Waals surface area contributed by atoms with Crippen LogP contribution in [0.3, 0.4) is 0 Å². The van der Waals surface area contributed by atoms with Gasteiger partial charge in [-0.2, -0.15) is 4.31 Å². The molecule has 8 heteroatoms. The maximum Gasteiger partial charge on any atom is 0.243 e. The summed E-state index contributed by atoms with van der Waals surface area (Å²) >= 11 is 0. The number of fused-ring (bicyclic) bond motifs is 1. The van der Waals surface area contributed by atoms with Gasteiger partial charge in [-0.05, 0) is 48.2 Å². The zero-order chi connectivity index (χ0) is 22.0. The largest absolute Gasteiger partial charge is 0.326 e. The van der Waals surface area contributed by atoms with E-state index in [2.05, 4.69) is 5.32 Å². The van der Waals surface area contributed by atoms with Crippen LogP contribution in [0.15, 0.2) is 59.6 Å². The number of nitrogens with one attached hydrogen (secondary N) is 1. The normalized spacial score (nSPS) is 18.6. The van der Waals surface area contributed by atoms with Crippen LogP contribution in [-0.4, -0.2) is 42.5 Å². The minimum atomic E-state index is -3.56. The van der Waals surface area contributed by atoms with E-state index in [0.29, 0.717) is 18.8 Å². The summed E-state index contributed by atoms with van der Waals surface area (Å²) in [5, 5.41) is 2.80. The number of benzene rings is 2.